The first kappa shape index (κ1) is 23.0. The van der Waals surface area contributed by atoms with Gasteiger partial charge in [-0.1, -0.05) is 41.9 Å². The second-order valence-corrected chi connectivity index (χ2v) is 9.04. The number of likely N-dealkylation sites (tertiary alicyclic amines) is 1. The van der Waals surface area contributed by atoms with Crippen molar-refractivity contribution >= 4 is 23.4 Å². The van der Waals surface area contributed by atoms with Gasteiger partial charge in [-0.25, -0.2) is 0 Å². The average Bonchev–Trinajstić information content (AvgIpc) is 2.84. The van der Waals surface area contributed by atoms with E-state index in [4.69, 9.17) is 16.6 Å². The van der Waals surface area contributed by atoms with Crippen molar-refractivity contribution < 1.29 is 9.59 Å². The molecule has 0 spiro atoms. The summed E-state index contributed by atoms with van der Waals surface area (Å²) in [5, 5.41) is 0.616. The second-order valence-electron chi connectivity index (χ2n) is 8.61. The number of aromatic nitrogens is 1. The van der Waals surface area contributed by atoms with Gasteiger partial charge < -0.3 is 9.80 Å². The van der Waals surface area contributed by atoms with Crippen molar-refractivity contribution in [3.8, 4) is 0 Å². The second kappa shape index (κ2) is 10.2. The van der Waals surface area contributed by atoms with Crippen molar-refractivity contribution in [1.82, 2.24) is 14.8 Å². The van der Waals surface area contributed by atoms with Crippen LogP contribution in [0.3, 0.4) is 0 Å². The molecule has 2 amide bonds. The Bertz CT molecular complexity index is 1120. The Morgan fingerprint density at radius 3 is 2.33 bits per heavy atom. The number of nitrogens with zero attached hydrogens (tertiary/aromatic N) is 3. The normalized spacial score (nSPS) is 14.2. The Balaban J connectivity index is 1.47. The molecule has 4 rings (SSSR count). The molecule has 0 aliphatic carbocycles. The number of pyridine rings is 1. The lowest BCUT2D eigenvalue weighted by Gasteiger charge is -2.33. The zero-order valence-electron chi connectivity index (χ0n) is 19.0. The summed E-state index contributed by atoms with van der Waals surface area (Å²) in [6.45, 7) is 3.76. The monoisotopic (exact) mass is 461 g/mol. The minimum Gasteiger partial charge on any atom is -0.339 e. The van der Waals surface area contributed by atoms with Gasteiger partial charge in [0.2, 0.25) is 0 Å². The molecule has 0 radical (unpaired) electrons. The van der Waals surface area contributed by atoms with Gasteiger partial charge in [0.25, 0.3) is 11.8 Å². The minimum atomic E-state index is -0.0268. The quantitative estimate of drug-likeness (QED) is 0.515. The summed E-state index contributed by atoms with van der Waals surface area (Å²) in [7, 11) is 1.83. The first-order valence-corrected chi connectivity index (χ1v) is 11.6. The van der Waals surface area contributed by atoms with Crippen LogP contribution < -0.4 is 0 Å². The van der Waals surface area contributed by atoms with Gasteiger partial charge in [0.15, 0.2) is 0 Å². The number of carbonyl (C=O) groups excluding carboxylic acids is 2. The van der Waals surface area contributed by atoms with Gasteiger partial charge in [-0.05, 0) is 61.7 Å². The highest BCUT2D eigenvalue weighted by molar-refractivity contribution is 6.30. The molecule has 33 heavy (non-hydrogen) atoms. The first-order valence-electron chi connectivity index (χ1n) is 11.2. The summed E-state index contributed by atoms with van der Waals surface area (Å²) in [5.41, 5.74) is 4.13. The van der Waals surface area contributed by atoms with Crippen LogP contribution in [0, 0.1) is 6.92 Å². The van der Waals surface area contributed by atoms with Crippen LogP contribution in [0.4, 0.5) is 0 Å². The SMILES string of the molecule is Cc1ccc(C(=O)N(C)Cc2ccccc2)c(C2CCN(C(=O)c3ccc(Cl)cc3)CC2)n1. The van der Waals surface area contributed by atoms with Crippen LogP contribution in [0.25, 0.3) is 0 Å². The van der Waals surface area contributed by atoms with Crippen LogP contribution in [0.2, 0.25) is 5.02 Å². The van der Waals surface area contributed by atoms with Crippen molar-refractivity contribution in [3.05, 3.63) is 99.8 Å². The highest BCUT2D eigenvalue weighted by Gasteiger charge is 2.29. The lowest BCUT2D eigenvalue weighted by Crippen LogP contribution is -2.38. The van der Waals surface area contributed by atoms with E-state index in [1.807, 2.05) is 61.3 Å². The van der Waals surface area contributed by atoms with Gasteiger partial charge in [-0.3, -0.25) is 14.6 Å². The van der Waals surface area contributed by atoms with E-state index >= 15 is 0 Å². The summed E-state index contributed by atoms with van der Waals surface area (Å²) in [5.74, 6) is 0.130. The molecule has 3 aromatic rings. The number of piperidine rings is 1. The maximum Gasteiger partial charge on any atom is 0.255 e. The van der Waals surface area contributed by atoms with E-state index in [9.17, 15) is 9.59 Å². The fraction of sp³-hybridized carbons (Fsp3) is 0.296. The number of hydrogen-bond donors (Lipinski definition) is 0. The van der Waals surface area contributed by atoms with Gasteiger partial charge in [0, 0.05) is 48.9 Å². The van der Waals surface area contributed by atoms with E-state index in [1.54, 1.807) is 29.2 Å². The van der Waals surface area contributed by atoms with Crippen molar-refractivity contribution in [3.63, 3.8) is 0 Å². The molecule has 0 atom stereocenters. The fourth-order valence-electron chi connectivity index (χ4n) is 4.33. The minimum absolute atomic E-state index is 0.0150. The highest BCUT2D eigenvalue weighted by atomic mass is 35.5. The number of halogens is 1. The van der Waals surface area contributed by atoms with Crippen molar-refractivity contribution in [2.75, 3.05) is 20.1 Å². The van der Waals surface area contributed by atoms with Crippen LogP contribution in [0.1, 0.15) is 56.4 Å². The molecule has 0 unspecified atom stereocenters. The molecular formula is C27H28ClN3O2. The Morgan fingerprint density at radius 1 is 1.00 bits per heavy atom. The van der Waals surface area contributed by atoms with E-state index in [0.717, 1.165) is 29.8 Å². The van der Waals surface area contributed by atoms with E-state index < -0.39 is 0 Å². The topological polar surface area (TPSA) is 53.5 Å². The van der Waals surface area contributed by atoms with Crippen LogP contribution in [-0.4, -0.2) is 46.7 Å². The molecule has 170 valence electrons. The van der Waals surface area contributed by atoms with E-state index in [1.165, 1.54) is 0 Å². The summed E-state index contributed by atoms with van der Waals surface area (Å²) in [6.07, 6.45) is 1.55. The van der Waals surface area contributed by atoms with Crippen molar-refractivity contribution in [2.45, 2.75) is 32.2 Å². The van der Waals surface area contributed by atoms with Gasteiger partial charge in [-0.15, -0.1) is 0 Å². The largest absolute Gasteiger partial charge is 0.339 e. The summed E-state index contributed by atoms with van der Waals surface area (Å²) in [6, 6.07) is 20.8. The number of rotatable bonds is 5. The van der Waals surface area contributed by atoms with Gasteiger partial charge in [-0.2, -0.15) is 0 Å². The summed E-state index contributed by atoms with van der Waals surface area (Å²) >= 11 is 5.95. The van der Waals surface area contributed by atoms with Crippen LogP contribution in [0.15, 0.2) is 66.7 Å². The van der Waals surface area contributed by atoms with Gasteiger partial charge in [0.1, 0.15) is 0 Å². The van der Waals surface area contributed by atoms with Crippen LogP contribution in [-0.2, 0) is 6.54 Å². The number of hydrogen-bond acceptors (Lipinski definition) is 3. The van der Waals surface area contributed by atoms with E-state index in [2.05, 4.69) is 0 Å². The lowest BCUT2D eigenvalue weighted by atomic mass is 9.89. The average molecular weight is 462 g/mol. The Morgan fingerprint density at radius 2 is 1.67 bits per heavy atom. The molecule has 1 fully saturated rings. The fourth-order valence-corrected chi connectivity index (χ4v) is 4.46. The van der Waals surface area contributed by atoms with Gasteiger partial charge in [0.05, 0.1) is 11.3 Å². The maximum atomic E-state index is 13.3. The van der Waals surface area contributed by atoms with Crippen LogP contribution in [0.5, 0.6) is 0 Å². The molecule has 1 aliphatic heterocycles. The van der Waals surface area contributed by atoms with Crippen molar-refractivity contribution in [2.24, 2.45) is 0 Å². The zero-order chi connectivity index (χ0) is 23.4. The molecule has 2 heterocycles. The number of amides is 2. The third kappa shape index (κ3) is 5.42. The standard InChI is InChI=1S/C27H28ClN3O2/c1-19-8-13-24(27(33)30(2)18-20-6-4-3-5-7-20)25(29-19)21-14-16-31(17-15-21)26(32)22-9-11-23(28)12-10-22/h3-13,21H,14-18H2,1-2H3. The van der Waals surface area contributed by atoms with Gasteiger partial charge >= 0.3 is 0 Å². The predicted molar refractivity (Wildman–Crippen MR) is 131 cm³/mol. The Kier molecular flexibility index (Phi) is 7.09. The molecule has 0 N–H and O–H groups in total. The molecular weight excluding hydrogens is 434 g/mol. The molecule has 2 aromatic carbocycles. The lowest BCUT2D eigenvalue weighted by molar-refractivity contribution is 0.0706. The third-order valence-corrected chi connectivity index (χ3v) is 6.42. The molecule has 0 bridgehead atoms. The molecule has 6 heteroatoms. The number of benzene rings is 2. The number of aryl methyl sites for hydroxylation is 1. The van der Waals surface area contributed by atoms with Crippen molar-refractivity contribution in [1.29, 1.82) is 0 Å². The third-order valence-electron chi connectivity index (χ3n) is 6.16. The molecule has 5 nitrogen and oxygen atoms in total. The Labute approximate surface area is 200 Å². The first-order chi connectivity index (χ1) is 15.9. The molecule has 0 saturated carbocycles. The predicted octanol–water partition coefficient (Wildman–Crippen LogP) is 5.34. The molecule has 1 aliphatic rings. The molecule has 1 aromatic heterocycles. The van der Waals surface area contributed by atoms with E-state index in [-0.39, 0.29) is 17.7 Å². The smallest absolute Gasteiger partial charge is 0.255 e. The molecule has 1 saturated heterocycles. The maximum absolute atomic E-state index is 13.3. The summed E-state index contributed by atoms with van der Waals surface area (Å²) < 4.78 is 0. The van der Waals surface area contributed by atoms with E-state index in [0.29, 0.717) is 35.8 Å². The Hall–Kier alpha value is -3.18. The summed E-state index contributed by atoms with van der Waals surface area (Å²) in [4.78, 5) is 34.6. The number of carbonyl (C=O) groups is 2. The van der Waals surface area contributed by atoms with Crippen LogP contribution >= 0.6 is 11.6 Å². The zero-order valence-corrected chi connectivity index (χ0v) is 19.8. The highest BCUT2D eigenvalue weighted by Crippen LogP contribution is 2.31.